The summed E-state index contributed by atoms with van der Waals surface area (Å²) in [5, 5.41) is 1.31. The van der Waals surface area contributed by atoms with Crippen LogP contribution in [0.25, 0.3) is 10.9 Å². The van der Waals surface area contributed by atoms with Gasteiger partial charge in [0.15, 0.2) is 0 Å². The number of para-hydroxylation sites is 1. The number of hydrogen-bond acceptors (Lipinski definition) is 2. The van der Waals surface area contributed by atoms with Crippen LogP contribution in [0.5, 0.6) is 0 Å². The van der Waals surface area contributed by atoms with Crippen LogP contribution in [0.4, 0.5) is 0 Å². The van der Waals surface area contributed by atoms with Crippen molar-refractivity contribution in [2.45, 2.75) is 38.6 Å². The van der Waals surface area contributed by atoms with Crippen molar-refractivity contribution in [1.82, 2.24) is 9.47 Å². The second-order valence-corrected chi connectivity index (χ2v) is 7.27. The molecule has 3 aliphatic heterocycles. The second-order valence-electron chi connectivity index (χ2n) is 7.27. The largest absolute Gasteiger partial charge is 0.294 e. The number of carbonyl (C=O) groups excluding carboxylic acids is 1. The number of hydrogen-bond donors (Lipinski definition) is 0. The summed E-state index contributed by atoms with van der Waals surface area (Å²) in [6.07, 6.45) is 4.28. The summed E-state index contributed by atoms with van der Waals surface area (Å²) in [6.45, 7) is 4.67. The van der Waals surface area contributed by atoms with E-state index in [1.807, 2.05) is 0 Å². The van der Waals surface area contributed by atoms with E-state index in [4.69, 9.17) is 0 Å². The molecule has 0 bridgehead atoms. The predicted molar refractivity (Wildman–Crippen MR) is 87.1 cm³/mol. The summed E-state index contributed by atoms with van der Waals surface area (Å²) in [5.74, 6) is 1.62. The van der Waals surface area contributed by atoms with E-state index < -0.39 is 0 Å². The Labute approximate surface area is 130 Å². The Morgan fingerprint density at radius 3 is 3.00 bits per heavy atom. The third kappa shape index (κ3) is 1.52. The first-order valence-corrected chi connectivity index (χ1v) is 8.67. The third-order valence-electron chi connectivity index (χ3n) is 6.18. The Morgan fingerprint density at radius 1 is 1.27 bits per heavy atom. The summed E-state index contributed by atoms with van der Waals surface area (Å²) in [5.41, 5.74) is 3.92. The van der Waals surface area contributed by atoms with Gasteiger partial charge in [0.2, 0.25) is 5.91 Å². The van der Waals surface area contributed by atoms with E-state index in [1.54, 1.807) is 0 Å². The van der Waals surface area contributed by atoms with Crippen LogP contribution < -0.4 is 0 Å². The van der Waals surface area contributed by atoms with E-state index in [0.717, 1.165) is 30.8 Å². The average Bonchev–Trinajstić information content (AvgIpc) is 2.89. The predicted octanol–water partition coefficient (Wildman–Crippen LogP) is 3.63. The first kappa shape index (κ1) is 12.9. The number of nitrogens with zero attached hydrogens (tertiary/aromatic N) is 2. The van der Waals surface area contributed by atoms with Crippen molar-refractivity contribution in [2.75, 3.05) is 13.1 Å². The quantitative estimate of drug-likeness (QED) is 0.802. The SMILES string of the molecule is CC[C@@H]1C[C@@H]2CC(=O)n3c4c(c5ccccc53)CCN(C1)[C@H]42. The minimum absolute atomic E-state index is 0.317. The van der Waals surface area contributed by atoms with Crippen molar-refractivity contribution >= 4 is 16.8 Å². The molecule has 3 nitrogen and oxygen atoms in total. The molecule has 1 aromatic carbocycles. The van der Waals surface area contributed by atoms with Gasteiger partial charge in [-0.05, 0) is 36.3 Å². The highest BCUT2D eigenvalue weighted by atomic mass is 16.2. The summed E-state index contributed by atoms with van der Waals surface area (Å²) >= 11 is 0. The molecule has 4 heterocycles. The fraction of sp³-hybridized carbons (Fsp3) is 0.526. The van der Waals surface area contributed by atoms with Gasteiger partial charge in [-0.2, -0.15) is 0 Å². The molecule has 114 valence electrons. The van der Waals surface area contributed by atoms with Crippen LogP contribution in [0.3, 0.4) is 0 Å². The van der Waals surface area contributed by atoms with Gasteiger partial charge in [-0.3, -0.25) is 14.3 Å². The van der Waals surface area contributed by atoms with Crippen LogP contribution in [0, 0.1) is 11.8 Å². The molecule has 1 aromatic heterocycles. The number of piperidine rings is 1. The minimum Gasteiger partial charge on any atom is -0.294 e. The maximum Gasteiger partial charge on any atom is 0.231 e. The Morgan fingerprint density at radius 2 is 2.14 bits per heavy atom. The lowest BCUT2D eigenvalue weighted by atomic mass is 9.74. The van der Waals surface area contributed by atoms with Crippen LogP contribution in [-0.4, -0.2) is 28.5 Å². The van der Waals surface area contributed by atoms with Crippen molar-refractivity contribution < 1.29 is 4.79 Å². The molecular formula is C19H22N2O. The Bertz CT molecular complexity index is 775. The van der Waals surface area contributed by atoms with E-state index in [2.05, 4.69) is 40.7 Å². The molecular weight excluding hydrogens is 272 g/mol. The van der Waals surface area contributed by atoms with Crippen LogP contribution in [-0.2, 0) is 6.42 Å². The van der Waals surface area contributed by atoms with Gasteiger partial charge >= 0.3 is 0 Å². The van der Waals surface area contributed by atoms with E-state index in [-0.39, 0.29) is 0 Å². The molecule has 0 saturated carbocycles. The average molecular weight is 294 g/mol. The first-order chi connectivity index (χ1) is 10.8. The number of rotatable bonds is 1. The molecule has 3 aliphatic rings. The van der Waals surface area contributed by atoms with Crippen molar-refractivity contribution in [3.05, 3.63) is 35.5 Å². The van der Waals surface area contributed by atoms with E-state index >= 15 is 0 Å². The molecule has 0 spiro atoms. The zero-order valence-corrected chi connectivity index (χ0v) is 13.1. The lowest BCUT2D eigenvalue weighted by Crippen LogP contribution is -2.50. The third-order valence-corrected chi connectivity index (χ3v) is 6.18. The Kier molecular flexibility index (Phi) is 2.61. The monoisotopic (exact) mass is 294 g/mol. The normalized spacial score (nSPS) is 30.6. The molecule has 0 aliphatic carbocycles. The standard InChI is InChI=1S/C19H22N2O/c1-2-12-9-13-10-17(22)21-16-6-4-3-5-14(16)15-7-8-20(11-12)18(13)19(15)21/h3-6,12-13,18H,2,7-11H2,1H3/t12-,13-,18+/m1/s1. The topological polar surface area (TPSA) is 25.2 Å². The van der Waals surface area contributed by atoms with Crippen LogP contribution in [0.1, 0.15) is 48.3 Å². The summed E-state index contributed by atoms with van der Waals surface area (Å²) in [6, 6.07) is 8.96. The van der Waals surface area contributed by atoms with Gasteiger partial charge in [0, 0.05) is 30.6 Å². The number of carbonyl (C=O) groups is 1. The number of fused-ring (bicyclic) bond motifs is 3. The lowest BCUT2D eigenvalue weighted by molar-refractivity contribution is 0.0238. The second kappa shape index (κ2) is 4.45. The molecule has 1 fully saturated rings. The minimum atomic E-state index is 0.317. The molecule has 22 heavy (non-hydrogen) atoms. The van der Waals surface area contributed by atoms with Crippen molar-refractivity contribution in [2.24, 2.45) is 11.8 Å². The molecule has 0 radical (unpaired) electrons. The molecule has 0 amide bonds. The van der Waals surface area contributed by atoms with Crippen molar-refractivity contribution in [3.63, 3.8) is 0 Å². The van der Waals surface area contributed by atoms with Gasteiger partial charge in [0.25, 0.3) is 0 Å². The van der Waals surface area contributed by atoms with Gasteiger partial charge in [-0.1, -0.05) is 31.5 Å². The van der Waals surface area contributed by atoms with Crippen LogP contribution >= 0.6 is 0 Å². The molecule has 3 heteroatoms. The molecule has 2 aromatic rings. The van der Waals surface area contributed by atoms with Crippen LogP contribution in [0.2, 0.25) is 0 Å². The smallest absolute Gasteiger partial charge is 0.231 e. The fourth-order valence-electron chi connectivity index (χ4n) is 5.23. The molecule has 1 saturated heterocycles. The van der Waals surface area contributed by atoms with Gasteiger partial charge in [0.1, 0.15) is 0 Å². The zero-order chi connectivity index (χ0) is 14.8. The summed E-state index contributed by atoms with van der Waals surface area (Å²) in [7, 11) is 0. The molecule has 0 N–H and O–H groups in total. The lowest BCUT2D eigenvalue weighted by Gasteiger charge is -2.49. The highest BCUT2D eigenvalue weighted by molar-refractivity contribution is 5.97. The maximum absolute atomic E-state index is 12.8. The fourth-order valence-corrected chi connectivity index (χ4v) is 5.23. The zero-order valence-electron chi connectivity index (χ0n) is 13.1. The maximum atomic E-state index is 12.8. The van der Waals surface area contributed by atoms with E-state index in [1.165, 1.54) is 36.0 Å². The number of benzene rings is 1. The number of aromatic nitrogens is 1. The highest BCUT2D eigenvalue weighted by Crippen LogP contribution is 2.49. The van der Waals surface area contributed by atoms with E-state index in [0.29, 0.717) is 17.9 Å². The van der Waals surface area contributed by atoms with E-state index in [9.17, 15) is 4.79 Å². The Balaban J connectivity index is 1.76. The molecule has 5 rings (SSSR count). The van der Waals surface area contributed by atoms with Crippen molar-refractivity contribution in [3.8, 4) is 0 Å². The van der Waals surface area contributed by atoms with Crippen molar-refractivity contribution in [1.29, 1.82) is 0 Å². The highest BCUT2D eigenvalue weighted by Gasteiger charge is 2.46. The van der Waals surface area contributed by atoms with Gasteiger partial charge in [0.05, 0.1) is 11.6 Å². The van der Waals surface area contributed by atoms with Gasteiger partial charge in [-0.15, -0.1) is 0 Å². The van der Waals surface area contributed by atoms with Gasteiger partial charge < -0.3 is 0 Å². The Hall–Kier alpha value is -1.61. The summed E-state index contributed by atoms with van der Waals surface area (Å²) in [4.78, 5) is 15.5. The molecule has 3 atom stereocenters. The van der Waals surface area contributed by atoms with Gasteiger partial charge in [-0.25, -0.2) is 0 Å². The van der Waals surface area contributed by atoms with Crippen LogP contribution in [0.15, 0.2) is 24.3 Å². The molecule has 0 unspecified atom stereocenters. The summed E-state index contributed by atoms with van der Waals surface area (Å²) < 4.78 is 2.06. The first-order valence-electron chi connectivity index (χ1n) is 8.67.